The fraction of sp³-hybridized carbons (Fsp3) is 0.500. The molecule has 1 aromatic rings. The Bertz CT molecular complexity index is 509. The van der Waals surface area contributed by atoms with E-state index in [0.29, 0.717) is 19.0 Å². The minimum Gasteiger partial charge on any atom is -0.369 e. The number of primary amides is 1. The average Bonchev–Trinajstić information content (AvgIpc) is 2.42. The molecule has 1 rings (SSSR count). The van der Waals surface area contributed by atoms with E-state index in [1.165, 1.54) is 5.56 Å². The van der Waals surface area contributed by atoms with Gasteiger partial charge in [-0.05, 0) is 33.3 Å². The Morgan fingerprint density at radius 3 is 2.62 bits per heavy atom. The van der Waals surface area contributed by atoms with Gasteiger partial charge >= 0.3 is 0 Å². The van der Waals surface area contributed by atoms with Crippen LogP contribution in [0.15, 0.2) is 29.3 Å². The Morgan fingerprint density at radius 1 is 1.33 bits per heavy atom. The van der Waals surface area contributed by atoms with E-state index >= 15 is 0 Å². The highest BCUT2D eigenvalue weighted by Gasteiger charge is 2.24. The van der Waals surface area contributed by atoms with Crippen molar-refractivity contribution in [2.24, 2.45) is 16.1 Å². The molecule has 1 aromatic carbocycles. The number of nitrogens with one attached hydrogen (secondary N) is 2. The molecule has 0 heterocycles. The molecule has 0 saturated heterocycles. The van der Waals surface area contributed by atoms with Crippen LogP contribution in [0.4, 0.5) is 0 Å². The van der Waals surface area contributed by atoms with Crippen LogP contribution in [0.2, 0.25) is 0 Å². The quantitative estimate of drug-likeness (QED) is 0.549. The predicted octanol–water partition coefficient (Wildman–Crippen LogP) is 1.56. The van der Waals surface area contributed by atoms with Gasteiger partial charge in [-0.1, -0.05) is 29.8 Å². The molecule has 0 bridgehead atoms. The van der Waals surface area contributed by atoms with Crippen molar-refractivity contribution in [1.29, 1.82) is 0 Å². The molecule has 5 nitrogen and oxygen atoms in total. The summed E-state index contributed by atoms with van der Waals surface area (Å²) in [6, 6.07) is 8.25. The summed E-state index contributed by atoms with van der Waals surface area (Å²) in [5.74, 6) is 0.359. The number of nitrogens with two attached hydrogens (primary N) is 1. The highest BCUT2D eigenvalue weighted by molar-refractivity contribution is 5.83. The lowest BCUT2D eigenvalue weighted by molar-refractivity contribution is -0.125. The lowest BCUT2D eigenvalue weighted by Gasteiger charge is -2.22. The van der Waals surface area contributed by atoms with Crippen LogP contribution in [0, 0.1) is 12.3 Å². The Kier molecular flexibility index (Phi) is 6.21. The van der Waals surface area contributed by atoms with Crippen LogP contribution in [0.3, 0.4) is 0 Å². The second-order valence-electron chi connectivity index (χ2n) is 5.79. The number of carbonyl (C=O) groups is 1. The van der Waals surface area contributed by atoms with Crippen molar-refractivity contribution >= 4 is 11.9 Å². The summed E-state index contributed by atoms with van der Waals surface area (Å²) < 4.78 is 0. The molecule has 0 aliphatic heterocycles. The maximum Gasteiger partial charge on any atom is 0.224 e. The zero-order chi connectivity index (χ0) is 15.9. The Hall–Kier alpha value is -2.04. The van der Waals surface area contributed by atoms with Gasteiger partial charge in [0.2, 0.25) is 5.91 Å². The first-order valence-corrected chi connectivity index (χ1v) is 7.23. The second kappa shape index (κ2) is 7.67. The van der Waals surface area contributed by atoms with Crippen LogP contribution in [0.25, 0.3) is 0 Å². The Labute approximate surface area is 127 Å². The summed E-state index contributed by atoms with van der Waals surface area (Å²) in [6.45, 7) is 9.49. The smallest absolute Gasteiger partial charge is 0.224 e. The molecule has 5 heteroatoms. The fourth-order valence-corrected chi connectivity index (χ4v) is 1.71. The lowest BCUT2D eigenvalue weighted by Crippen LogP contribution is -2.46. The first kappa shape index (κ1) is 17.0. The number of aryl methyl sites for hydroxylation is 1. The molecule has 0 spiro atoms. The molecule has 0 radical (unpaired) electrons. The van der Waals surface area contributed by atoms with E-state index in [4.69, 9.17) is 5.73 Å². The number of carbonyl (C=O) groups excluding carboxylic acids is 1. The maximum absolute atomic E-state index is 11.3. The van der Waals surface area contributed by atoms with Crippen molar-refractivity contribution in [3.63, 3.8) is 0 Å². The van der Waals surface area contributed by atoms with Crippen molar-refractivity contribution in [2.75, 3.05) is 13.1 Å². The van der Waals surface area contributed by atoms with Gasteiger partial charge in [0.05, 0.1) is 12.0 Å². The van der Waals surface area contributed by atoms with E-state index in [9.17, 15) is 4.79 Å². The van der Waals surface area contributed by atoms with Crippen LogP contribution >= 0.6 is 0 Å². The number of benzene rings is 1. The maximum atomic E-state index is 11.3. The van der Waals surface area contributed by atoms with E-state index in [2.05, 4.69) is 34.7 Å². The SMILES string of the molecule is CCNC(=NCc1cccc(C)c1)NCC(C)(C)C(N)=O. The van der Waals surface area contributed by atoms with Gasteiger partial charge < -0.3 is 16.4 Å². The van der Waals surface area contributed by atoms with Crippen LogP contribution < -0.4 is 16.4 Å². The van der Waals surface area contributed by atoms with Crippen molar-refractivity contribution < 1.29 is 4.79 Å². The molecule has 0 saturated carbocycles. The first-order valence-electron chi connectivity index (χ1n) is 7.23. The van der Waals surface area contributed by atoms with Gasteiger partial charge in [-0.2, -0.15) is 0 Å². The van der Waals surface area contributed by atoms with E-state index in [1.54, 1.807) is 0 Å². The van der Waals surface area contributed by atoms with Gasteiger partial charge in [0.1, 0.15) is 0 Å². The minimum atomic E-state index is -0.612. The fourth-order valence-electron chi connectivity index (χ4n) is 1.71. The number of hydrogen-bond acceptors (Lipinski definition) is 2. The summed E-state index contributed by atoms with van der Waals surface area (Å²) in [7, 11) is 0. The van der Waals surface area contributed by atoms with Gasteiger partial charge in [0, 0.05) is 13.1 Å². The number of nitrogens with zero attached hydrogens (tertiary/aromatic N) is 1. The third kappa shape index (κ3) is 5.85. The number of amides is 1. The molecule has 0 aromatic heterocycles. The molecular weight excluding hydrogens is 264 g/mol. The number of guanidine groups is 1. The second-order valence-corrected chi connectivity index (χ2v) is 5.79. The van der Waals surface area contributed by atoms with Gasteiger partial charge in [0.25, 0.3) is 0 Å². The largest absolute Gasteiger partial charge is 0.369 e. The van der Waals surface area contributed by atoms with Crippen molar-refractivity contribution in [2.45, 2.75) is 34.2 Å². The van der Waals surface area contributed by atoms with Crippen molar-refractivity contribution in [3.05, 3.63) is 35.4 Å². The van der Waals surface area contributed by atoms with E-state index in [1.807, 2.05) is 32.9 Å². The summed E-state index contributed by atoms with van der Waals surface area (Å²) in [5.41, 5.74) is 7.13. The molecule has 0 aliphatic carbocycles. The van der Waals surface area contributed by atoms with Crippen LogP contribution in [0.1, 0.15) is 31.9 Å². The molecular formula is C16H26N4O. The number of aliphatic imine (C=N–C) groups is 1. The molecule has 21 heavy (non-hydrogen) atoms. The summed E-state index contributed by atoms with van der Waals surface area (Å²) in [6.07, 6.45) is 0. The van der Waals surface area contributed by atoms with Crippen LogP contribution in [-0.2, 0) is 11.3 Å². The molecule has 4 N–H and O–H groups in total. The topological polar surface area (TPSA) is 79.5 Å². The summed E-state index contributed by atoms with van der Waals surface area (Å²) in [4.78, 5) is 15.9. The third-order valence-corrected chi connectivity index (χ3v) is 3.21. The summed E-state index contributed by atoms with van der Waals surface area (Å²) >= 11 is 0. The van der Waals surface area contributed by atoms with Gasteiger partial charge in [0.15, 0.2) is 5.96 Å². The normalized spacial score (nSPS) is 12.1. The zero-order valence-corrected chi connectivity index (χ0v) is 13.4. The van der Waals surface area contributed by atoms with E-state index < -0.39 is 5.41 Å². The van der Waals surface area contributed by atoms with Gasteiger partial charge in [-0.25, -0.2) is 4.99 Å². The summed E-state index contributed by atoms with van der Waals surface area (Å²) in [5, 5.41) is 6.33. The van der Waals surface area contributed by atoms with E-state index in [0.717, 1.165) is 12.1 Å². The predicted molar refractivity (Wildman–Crippen MR) is 87.0 cm³/mol. The molecule has 0 fully saturated rings. The molecule has 1 amide bonds. The lowest BCUT2D eigenvalue weighted by atomic mass is 9.93. The Morgan fingerprint density at radius 2 is 2.05 bits per heavy atom. The Balaban J connectivity index is 2.68. The number of hydrogen-bond donors (Lipinski definition) is 3. The van der Waals surface area contributed by atoms with E-state index in [-0.39, 0.29) is 5.91 Å². The molecule has 0 aliphatic rings. The van der Waals surface area contributed by atoms with Crippen molar-refractivity contribution in [3.8, 4) is 0 Å². The highest BCUT2D eigenvalue weighted by Crippen LogP contribution is 2.11. The third-order valence-electron chi connectivity index (χ3n) is 3.21. The van der Waals surface area contributed by atoms with Crippen molar-refractivity contribution in [1.82, 2.24) is 10.6 Å². The molecule has 0 unspecified atom stereocenters. The highest BCUT2D eigenvalue weighted by atomic mass is 16.1. The van der Waals surface area contributed by atoms with Crippen LogP contribution in [0.5, 0.6) is 0 Å². The first-order chi connectivity index (χ1) is 9.85. The average molecular weight is 290 g/mol. The minimum absolute atomic E-state index is 0.329. The number of rotatable bonds is 6. The molecule has 116 valence electrons. The standard InChI is InChI=1S/C16H26N4O/c1-5-18-15(20-11-16(3,4)14(17)21)19-10-13-8-6-7-12(2)9-13/h6-9H,5,10-11H2,1-4H3,(H2,17,21)(H2,18,19,20). The molecule has 0 atom stereocenters. The van der Waals surface area contributed by atoms with Gasteiger partial charge in [-0.15, -0.1) is 0 Å². The van der Waals surface area contributed by atoms with Gasteiger partial charge in [-0.3, -0.25) is 4.79 Å². The zero-order valence-electron chi connectivity index (χ0n) is 13.4. The van der Waals surface area contributed by atoms with Crippen LogP contribution in [-0.4, -0.2) is 25.0 Å². The monoisotopic (exact) mass is 290 g/mol.